The number of hydrogen-bond donors (Lipinski definition) is 3. The first-order chi connectivity index (χ1) is 14.2. The average molecular weight is 399 g/mol. The van der Waals surface area contributed by atoms with Crippen LogP contribution in [0.5, 0.6) is 0 Å². The van der Waals surface area contributed by atoms with E-state index in [1.807, 2.05) is 29.1 Å². The van der Waals surface area contributed by atoms with Gasteiger partial charge in [-0.15, -0.1) is 0 Å². The van der Waals surface area contributed by atoms with Gasteiger partial charge in [0.2, 0.25) is 5.91 Å². The van der Waals surface area contributed by atoms with Crippen LogP contribution in [0.25, 0.3) is 0 Å². The maximum atomic E-state index is 11.6. The third-order valence-corrected chi connectivity index (χ3v) is 5.08. The molecule has 1 saturated heterocycles. The van der Waals surface area contributed by atoms with E-state index in [2.05, 4.69) is 30.6 Å². The van der Waals surface area contributed by atoms with E-state index < -0.39 is 0 Å². The molecular formula is C20H30N8O. The van der Waals surface area contributed by atoms with Crippen LogP contribution in [0.4, 0.5) is 5.82 Å². The van der Waals surface area contributed by atoms with Gasteiger partial charge >= 0.3 is 0 Å². The molecule has 1 fully saturated rings. The molecule has 0 saturated carbocycles. The van der Waals surface area contributed by atoms with Gasteiger partial charge in [0, 0.05) is 63.9 Å². The van der Waals surface area contributed by atoms with Crippen molar-refractivity contribution in [3.05, 3.63) is 42.4 Å². The average Bonchev–Trinajstić information content (AvgIpc) is 3.27. The quantitative estimate of drug-likeness (QED) is 0.343. The predicted octanol–water partition coefficient (Wildman–Crippen LogP) is 0.735. The van der Waals surface area contributed by atoms with Crippen molar-refractivity contribution in [3.8, 4) is 0 Å². The van der Waals surface area contributed by atoms with E-state index in [1.54, 1.807) is 19.4 Å². The lowest BCUT2D eigenvalue weighted by atomic mass is 9.97. The topological polar surface area (TPSA) is 113 Å². The van der Waals surface area contributed by atoms with Gasteiger partial charge in [0.25, 0.3) is 0 Å². The van der Waals surface area contributed by atoms with E-state index in [0.717, 1.165) is 56.2 Å². The fourth-order valence-electron chi connectivity index (χ4n) is 3.53. The van der Waals surface area contributed by atoms with Gasteiger partial charge in [-0.05, 0) is 31.4 Å². The van der Waals surface area contributed by atoms with E-state index in [-0.39, 0.29) is 11.8 Å². The zero-order chi connectivity index (χ0) is 20.5. The summed E-state index contributed by atoms with van der Waals surface area (Å²) < 4.78 is 1.91. The number of amides is 1. The lowest BCUT2D eigenvalue weighted by Gasteiger charge is -2.33. The molecule has 4 N–H and O–H groups in total. The normalized spacial score (nSPS) is 17.2. The monoisotopic (exact) mass is 398 g/mol. The van der Waals surface area contributed by atoms with Crippen LogP contribution in [0.15, 0.2) is 41.8 Å². The lowest BCUT2D eigenvalue weighted by molar-refractivity contribution is -0.122. The van der Waals surface area contributed by atoms with Crippen molar-refractivity contribution in [1.29, 1.82) is 0 Å². The van der Waals surface area contributed by atoms with E-state index in [9.17, 15) is 4.79 Å². The predicted molar refractivity (Wildman–Crippen MR) is 113 cm³/mol. The maximum Gasteiger partial charge on any atom is 0.222 e. The number of aromatic nitrogens is 3. The van der Waals surface area contributed by atoms with Gasteiger partial charge in [0.05, 0.1) is 5.92 Å². The second-order valence-electron chi connectivity index (χ2n) is 7.15. The zero-order valence-corrected chi connectivity index (χ0v) is 16.9. The van der Waals surface area contributed by atoms with Gasteiger partial charge in [0.1, 0.15) is 5.82 Å². The number of hydrogen-bond acceptors (Lipinski definition) is 5. The molecule has 3 heterocycles. The highest BCUT2D eigenvalue weighted by molar-refractivity contribution is 5.80. The summed E-state index contributed by atoms with van der Waals surface area (Å²) in [6.07, 6.45) is 8.27. The SMILES string of the molecule is CN=C(NCCCn1cccn1)NCc1cccnc1N1CCCC(C(N)=O)C1. The number of aliphatic imine (C=N–C) groups is 1. The number of guanidine groups is 1. The highest BCUT2D eigenvalue weighted by Crippen LogP contribution is 2.24. The second-order valence-corrected chi connectivity index (χ2v) is 7.15. The largest absolute Gasteiger partial charge is 0.369 e. The lowest BCUT2D eigenvalue weighted by Crippen LogP contribution is -2.42. The molecule has 0 radical (unpaired) electrons. The molecule has 0 aliphatic carbocycles. The molecule has 1 aliphatic rings. The molecule has 1 aliphatic heterocycles. The van der Waals surface area contributed by atoms with Crippen molar-refractivity contribution < 1.29 is 4.79 Å². The van der Waals surface area contributed by atoms with Crippen molar-refractivity contribution in [2.24, 2.45) is 16.6 Å². The number of aryl methyl sites for hydroxylation is 1. The number of rotatable bonds is 8. The third kappa shape index (κ3) is 5.94. The number of pyridine rings is 1. The number of carbonyl (C=O) groups is 1. The fraction of sp³-hybridized carbons (Fsp3) is 0.500. The van der Waals surface area contributed by atoms with Gasteiger partial charge in [-0.25, -0.2) is 4.98 Å². The summed E-state index contributed by atoms with van der Waals surface area (Å²) >= 11 is 0. The Morgan fingerprint density at radius 2 is 2.24 bits per heavy atom. The van der Waals surface area contributed by atoms with Gasteiger partial charge in [-0.2, -0.15) is 5.10 Å². The molecule has 1 unspecified atom stereocenters. The molecule has 2 aromatic heterocycles. The van der Waals surface area contributed by atoms with Crippen LogP contribution >= 0.6 is 0 Å². The molecule has 29 heavy (non-hydrogen) atoms. The number of carbonyl (C=O) groups excluding carboxylic acids is 1. The van der Waals surface area contributed by atoms with E-state index in [4.69, 9.17) is 5.73 Å². The van der Waals surface area contributed by atoms with Crippen LogP contribution in [-0.2, 0) is 17.9 Å². The van der Waals surface area contributed by atoms with Crippen molar-refractivity contribution in [2.75, 3.05) is 31.6 Å². The highest BCUT2D eigenvalue weighted by atomic mass is 16.1. The van der Waals surface area contributed by atoms with Crippen molar-refractivity contribution in [2.45, 2.75) is 32.4 Å². The van der Waals surface area contributed by atoms with Crippen LogP contribution in [0.3, 0.4) is 0 Å². The summed E-state index contributed by atoms with van der Waals surface area (Å²) in [6, 6.07) is 5.90. The summed E-state index contributed by atoms with van der Waals surface area (Å²) in [6.45, 7) is 3.76. The molecule has 2 aromatic rings. The van der Waals surface area contributed by atoms with Gasteiger partial charge < -0.3 is 21.3 Å². The Kier molecular flexibility index (Phi) is 7.43. The number of piperidine rings is 1. The number of nitrogens with two attached hydrogens (primary N) is 1. The highest BCUT2D eigenvalue weighted by Gasteiger charge is 2.25. The minimum absolute atomic E-state index is 0.115. The molecule has 0 spiro atoms. The molecule has 3 rings (SSSR count). The Bertz CT molecular complexity index is 805. The second kappa shape index (κ2) is 10.4. The molecule has 0 aromatic carbocycles. The molecule has 9 nitrogen and oxygen atoms in total. The Morgan fingerprint density at radius 3 is 3.00 bits per heavy atom. The number of nitrogens with one attached hydrogen (secondary N) is 2. The Labute approximate surface area is 171 Å². The standard InChI is InChI=1S/C20H30N8O/c1-22-20(24-9-4-12-28-13-5-10-26-28)25-14-16-6-2-8-23-19(16)27-11-3-7-17(15-27)18(21)29/h2,5-6,8,10,13,17H,3-4,7,9,11-12,14-15H2,1H3,(H2,21,29)(H2,22,24,25). The maximum absolute atomic E-state index is 11.6. The minimum Gasteiger partial charge on any atom is -0.369 e. The first-order valence-corrected chi connectivity index (χ1v) is 10.1. The fourth-order valence-corrected chi connectivity index (χ4v) is 3.53. The molecule has 156 valence electrons. The van der Waals surface area contributed by atoms with Gasteiger partial charge in [-0.3, -0.25) is 14.5 Å². The third-order valence-electron chi connectivity index (χ3n) is 5.08. The number of nitrogens with zero attached hydrogens (tertiary/aromatic N) is 5. The molecule has 1 atom stereocenters. The summed E-state index contributed by atoms with van der Waals surface area (Å²) in [5.41, 5.74) is 6.59. The first kappa shape index (κ1) is 20.6. The smallest absolute Gasteiger partial charge is 0.222 e. The molecule has 1 amide bonds. The summed E-state index contributed by atoms with van der Waals surface area (Å²) in [4.78, 5) is 22.6. The van der Waals surface area contributed by atoms with E-state index in [1.165, 1.54) is 0 Å². The van der Waals surface area contributed by atoms with Crippen LogP contribution in [-0.4, -0.2) is 53.3 Å². The number of primary amides is 1. The molecule has 9 heteroatoms. The number of anilines is 1. The Balaban J connectivity index is 1.52. The van der Waals surface area contributed by atoms with Crippen LogP contribution in [0, 0.1) is 5.92 Å². The Morgan fingerprint density at radius 1 is 1.34 bits per heavy atom. The Hall–Kier alpha value is -3.10. The summed E-state index contributed by atoms with van der Waals surface area (Å²) in [5, 5.41) is 10.9. The molecule has 0 bridgehead atoms. The van der Waals surface area contributed by atoms with Gasteiger partial charge in [-0.1, -0.05) is 6.07 Å². The van der Waals surface area contributed by atoms with Crippen molar-refractivity contribution in [1.82, 2.24) is 25.4 Å². The first-order valence-electron chi connectivity index (χ1n) is 10.1. The van der Waals surface area contributed by atoms with E-state index in [0.29, 0.717) is 13.1 Å². The van der Waals surface area contributed by atoms with Crippen LogP contribution < -0.4 is 21.3 Å². The zero-order valence-electron chi connectivity index (χ0n) is 16.9. The van der Waals surface area contributed by atoms with Crippen molar-refractivity contribution in [3.63, 3.8) is 0 Å². The molecular weight excluding hydrogens is 368 g/mol. The van der Waals surface area contributed by atoms with E-state index >= 15 is 0 Å². The van der Waals surface area contributed by atoms with Crippen LogP contribution in [0.1, 0.15) is 24.8 Å². The van der Waals surface area contributed by atoms with Crippen LogP contribution in [0.2, 0.25) is 0 Å². The minimum atomic E-state index is -0.231. The van der Waals surface area contributed by atoms with Gasteiger partial charge in [0.15, 0.2) is 5.96 Å². The summed E-state index contributed by atoms with van der Waals surface area (Å²) in [7, 11) is 1.76. The van der Waals surface area contributed by atoms with Crippen molar-refractivity contribution >= 4 is 17.7 Å². The summed E-state index contributed by atoms with van der Waals surface area (Å²) in [5.74, 6) is 1.30.